The molecule has 1 fully saturated rings. The van der Waals surface area contributed by atoms with Gasteiger partial charge in [-0.1, -0.05) is 30.3 Å². The molecule has 0 saturated carbocycles. The van der Waals surface area contributed by atoms with Crippen LogP contribution in [-0.4, -0.2) is 49.7 Å². The fraction of sp³-hybridized carbons (Fsp3) is 0.235. The molecular weight excluding hydrogens is 344 g/mol. The van der Waals surface area contributed by atoms with Gasteiger partial charge in [0.05, 0.1) is 18.8 Å². The van der Waals surface area contributed by atoms with Gasteiger partial charge in [-0.15, -0.1) is 5.10 Å². The summed E-state index contributed by atoms with van der Waals surface area (Å²) < 4.78 is 27.4. The fourth-order valence-corrected chi connectivity index (χ4v) is 3.03. The van der Waals surface area contributed by atoms with Gasteiger partial charge in [0.25, 0.3) is 11.9 Å². The molecule has 0 unspecified atom stereocenters. The number of likely N-dealkylation sites (tertiary alicyclic amines) is 1. The molecule has 0 atom stereocenters. The first-order valence-electron chi connectivity index (χ1n) is 7.95. The second kappa shape index (κ2) is 6.03. The van der Waals surface area contributed by atoms with E-state index >= 15 is 0 Å². The standard InChI is InChI=1S/C17H15F2N5O2/c18-17(19)9-23(10-17)8-11-4-6-12(7-5-11)13-2-1-3-14-20-15(21-16(25)26)22-24(13)14/h1-7H,8-10H2,(H,21,22)(H,25,26). The van der Waals surface area contributed by atoms with Gasteiger partial charge in [0, 0.05) is 12.1 Å². The molecule has 7 nitrogen and oxygen atoms in total. The predicted molar refractivity (Wildman–Crippen MR) is 90.3 cm³/mol. The summed E-state index contributed by atoms with van der Waals surface area (Å²) in [6.45, 7) is 0.0782. The number of anilines is 1. The average Bonchev–Trinajstić information content (AvgIpc) is 2.95. The number of carbonyl (C=O) groups is 1. The van der Waals surface area contributed by atoms with Gasteiger partial charge in [-0.2, -0.15) is 4.98 Å². The molecule has 9 heteroatoms. The Morgan fingerprint density at radius 3 is 2.58 bits per heavy atom. The van der Waals surface area contributed by atoms with Crippen LogP contribution in [0.4, 0.5) is 19.5 Å². The SMILES string of the molecule is O=C(O)Nc1nc2cccc(-c3ccc(CN4CC(F)(F)C4)cc3)n2n1. The van der Waals surface area contributed by atoms with Crippen molar-refractivity contribution in [1.82, 2.24) is 19.5 Å². The summed E-state index contributed by atoms with van der Waals surface area (Å²) in [6.07, 6.45) is -1.23. The van der Waals surface area contributed by atoms with E-state index in [2.05, 4.69) is 15.4 Å². The van der Waals surface area contributed by atoms with Gasteiger partial charge in [0.2, 0.25) is 0 Å². The molecule has 3 aromatic rings. The minimum absolute atomic E-state index is 0.000261. The van der Waals surface area contributed by atoms with Gasteiger partial charge in [0.1, 0.15) is 0 Å². The van der Waals surface area contributed by atoms with Crippen molar-refractivity contribution in [3.05, 3.63) is 48.0 Å². The van der Waals surface area contributed by atoms with Crippen LogP contribution in [0.2, 0.25) is 0 Å². The molecule has 4 rings (SSSR count). The number of fused-ring (bicyclic) bond motifs is 1. The van der Waals surface area contributed by atoms with E-state index in [0.29, 0.717) is 12.2 Å². The Bertz CT molecular complexity index is 963. The molecule has 0 aliphatic carbocycles. The summed E-state index contributed by atoms with van der Waals surface area (Å²) >= 11 is 0. The van der Waals surface area contributed by atoms with E-state index in [1.807, 2.05) is 30.3 Å². The van der Waals surface area contributed by atoms with E-state index in [1.165, 1.54) is 0 Å². The van der Waals surface area contributed by atoms with Crippen molar-refractivity contribution in [2.75, 3.05) is 18.4 Å². The number of nitrogens with one attached hydrogen (secondary N) is 1. The summed E-state index contributed by atoms with van der Waals surface area (Å²) in [5.41, 5.74) is 3.07. The molecule has 2 N–H and O–H groups in total. The minimum Gasteiger partial charge on any atom is -0.465 e. The molecule has 134 valence electrons. The molecule has 3 heterocycles. The number of nitrogens with zero attached hydrogens (tertiary/aromatic N) is 4. The fourth-order valence-electron chi connectivity index (χ4n) is 3.03. The molecular formula is C17H15F2N5O2. The van der Waals surface area contributed by atoms with E-state index in [-0.39, 0.29) is 19.0 Å². The zero-order valence-corrected chi connectivity index (χ0v) is 13.6. The van der Waals surface area contributed by atoms with Crippen LogP contribution in [0, 0.1) is 0 Å². The van der Waals surface area contributed by atoms with E-state index < -0.39 is 12.0 Å². The average molecular weight is 359 g/mol. The molecule has 1 amide bonds. The molecule has 1 aromatic carbocycles. The normalized spacial score (nSPS) is 16.4. The van der Waals surface area contributed by atoms with E-state index in [9.17, 15) is 13.6 Å². The number of carboxylic acid groups (broad SMARTS) is 1. The smallest absolute Gasteiger partial charge is 0.411 e. The maximum Gasteiger partial charge on any atom is 0.411 e. The van der Waals surface area contributed by atoms with E-state index in [1.54, 1.807) is 21.5 Å². The molecule has 26 heavy (non-hydrogen) atoms. The largest absolute Gasteiger partial charge is 0.465 e. The van der Waals surface area contributed by atoms with Crippen molar-refractivity contribution in [2.45, 2.75) is 12.5 Å². The number of aromatic nitrogens is 3. The van der Waals surface area contributed by atoms with Gasteiger partial charge in [-0.05, 0) is 17.7 Å². The number of amides is 1. The minimum atomic E-state index is -2.57. The first-order valence-corrected chi connectivity index (χ1v) is 7.95. The molecule has 1 aliphatic rings. The second-order valence-electron chi connectivity index (χ2n) is 6.24. The second-order valence-corrected chi connectivity index (χ2v) is 6.24. The number of rotatable bonds is 4. The molecule has 1 saturated heterocycles. The van der Waals surface area contributed by atoms with Gasteiger partial charge >= 0.3 is 6.09 Å². The number of benzene rings is 1. The number of alkyl halides is 2. The van der Waals surface area contributed by atoms with Gasteiger partial charge < -0.3 is 5.11 Å². The van der Waals surface area contributed by atoms with Crippen LogP contribution < -0.4 is 5.32 Å². The molecule has 0 radical (unpaired) electrons. The quantitative estimate of drug-likeness (QED) is 0.748. The zero-order valence-electron chi connectivity index (χ0n) is 13.6. The third-order valence-electron chi connectivity index (χ3n) is 4.14. The van der Waals surface area contributed by atoms with Crippen molar-refractivity contribution in [2.24, 2.45) is 0 Å². The van der Waals surface area contributed by atoms with Crippen LogP contribution in [0.3, 0.4) is 0 Å². The van der Waals surface area contributed by atoms with Crippen LogP contribution in [0.15, 0.2) is 42.5 Å². The molecule has 0 spiro atoms. The lowest BCUT2D eigenvalue weighted by atomic mass is 10.1. The topological polar surface area (TPSA) is 82.8 Å². The lowest BCUT2D eigenvalue weighted by Crippen LogP contribution is -2.55. The Balaban J connectivity index is 1.57. The van der Waals surface area contributed by atoms with Crippen molar-refractivity contribution < 1.29 is 18.7 Å². The van der Waals surface area contributed by atoms with Crippen LogP contribution in [0.1, 0.15) is 5.56 Å². The third-order valence-corrected chi connectivity index (χ3v) is 4.14. The number of hydrogen-bond donors (Lipinski definition) is 2. The maximum absolute atomic E-state index is 12.9. The van der Waals surface area contributed by atoms with Gasteiger partial charge in [-0.25, -0.2) is 18.1 Å². The lowest BCUT2D eigenvalue weighted by molar-refractivity contribution is -0.133. The monoisotopic (exact) mass is 359 g/mol. The number of pyridine rings is 1. The van der Waals surface area contributed by atoms with Crippen molar-refractivity contribution in [3.63, 3.8) is 0 Å². The van der Waals surface area contributed by atoms with Crippen molar-refractivity contribution >= 4 is 17.7 Å². The Kier molecular flexibility index (Phi) is 3.80. The summed E-state index contributed by atoms with van der Waals surface area (Å²) in [5.74, 6) is -2.56. The zero-order chi connectivity index (χ0) is 18.3. The van der Waals surface area contributed by atoms with Crippen LogP contribution in [-0.2, 0) is 6.54 Å². The van der Waals surface area contributed by atoms with Gasteiger partial charge in [0.15, 0.2) is 5.65 Å². The summed E-state index contributed by atoms with van der Waals surface area (Å²) in [5, 5.41) is 15.1. The number of halogens is 2. The highest BCUT2D eigenvalue weighted by molar-refractivity contribution is 5.80. The predicted octanol–water partition coefficient (Wildman–Crippen LogP) is 2.94. The van der Waals surface area contributed by atoms with Crippen LogP contribution >= 0.6 is 0 Å². The highest BCUT2D eigenvalue weighted by Gasteiger charge is 2.43. The maximum atomic E-state index is 12.9. The van der Waals surface area contributed by atoms with Crippen molar-refractivity contribution in [1.29, 1.82) is 0 Å². The Labute approximate surface area is 146 Å². The lowest BCUT2D eigenvalue weighted by Gasteiger charge is -2.38. The van der Waals surface area contributed by atoms with E-state index in [4.69, 9.17) is 5.11 Å². The van der Waals surface area contributed by atoms with Gasteiger partial charge in [-0.3, -0.25) is 10.2 Å². The highest BCUT2D eigenvalue weighted by atomic mass is 19.3. The first kappa shape index (κ1) is 16.4. The highest BCUT2D eigenvalue weighted by Crippen LogP contribution is 2.28. The van der Waals surface area contributed by atoms with Crippen molar-refractivity contribution in [3.8, 4) is 11.3 Å². The Hall–Kier alpha value is -3.07. The summed E-state index contributed by atoms with van der Waals surface area (Å²) in [7, 11) is 0. The third kappa shape index (κ3) is 3.21. The van der Waals surface area contributed by atoms with Crippen LogP contribution in [0.5, 0.6) is 0 Å². The first-order chi connectivity index (χ1) is 12.4. The molecule has 1 aliphatic heterocycles. The Morgan fingerprint density at radius 1 is 1.19 bits per heavy atom. The molecule has 2 aromatic heterocycles. The summed E-state index contributed by atoms with van der Waals surface area (Å²) in [4.78, 5) is 16.5. The summed E-state index contributed by atoms with van der Waals surface area (Å²) in [6, 6.07) is 12.9. The van der Waals surface area contributed by atoms with E-state index in [0.717, 1.165) is 16.8 Å². The molecule has 0 bridgehead atoms. The number of hydrogen-bond acceptors (Lipinski definition) is 4. The van der Waals surface area contributed by atoms with Crippen LogP contribution in [0.25, 0.3) is 16.9 Å². The Morgan fingerprint density at radius 2 is 1.92 bits per heavy atom.